The summed E-state index contributed by atoms with van der Waals surface area (Å²) in [6.07, 6.45) is -0.903. The molecule has 3 rings (SSSR count). The van der Waals surface area contributed by atoms with Crippen molar-refractivity contribution >= 4 is 5.91 Å². The zero-order chi connectivity index (χ0) is 25.5. The zero-order valence-electron chi connectivity index (χ0n) is 21.0. The predicted molar refractivity (Wildman–Crippen MR) is 133 cm³/mol. The number of aliphatic hydroxyl groups excluding tert-OH is 2. The van der Waals surface area contributed by atoms with Gasteiger partial charge in [-0.25, -0.2) is 0 Å². The summed E-state index contributed by atoms with van der Waals surface area (Å²) in [5.41, 5.74) is 5.73. The lowest BCUT2D eigenvalue weighted by molar-refractivity contribution is -0.124. The van der Waals surface area contributed by atoms with Crippen LogP contribution in [0, 0.1) is 20.8 Å². The number of aliphatic hydroxyl groups is 2. The third-order valence-electron chi connectivity index (χ3n) is 5.62. The van der Waals surface area contributed by atoms with Gasteiger partial charge < -0.3 is 29.7 Å². The molecule has 188 valence electrons. The van der Waals surface area contributed by atoms with Gasteiger partial charge in [0.2, 0.25) is 11.7 Å². The Labute approximate surface area is 205 Å². The first-order valence-electron chi connectivity index (χ1n) is 11.6. The number of carbonyl (C=O) groups excluding carboxylic acids is 1. The van der Waals surface area contributed by atoms with Crippen molar-refractivity contribution in [2.75, 3.05) is 33.4 Å². The van der Waals surface area contributed by atoms with Crippen LogP contribution < -0.4 is 10.1 Å². The largest absolute Gasteiger partial charge is 0.490 e. The minimum atomic E-state index is -0.903. The molecule has 0 fully saturated rings. The number of aromatic nitrogens is 2. The highest BCUT2D eigenvalue weighted by molar-refractivity contribution is 5.76. The molecule has 0 saturated heterocycles. The van der Waals surface area contributed by atoms with Crippen LogP contribution in [0.2, 0.25) is 0 Å². The monoisotopic (exact) mass is 482 g/mol. The molecule has 0 radical (unpaired) electrons. The molecule has 2 aromatic carbocycles. The molecule has 1 amide bonds. The van der Waals surface area contributed by atoms with Gasteiger partial charge in [0.25, 0.3) is 5.89 Å². The lowest BCUT2D eigenvalue weighted by Gasteiger charge is -2.16. The second-order valence-corrected chi connectivity index (χ2v) is 8.83. The standard InChI is InChI=1S/C26H34N4O5/c1-6-30(5)13-19-7-16(2)8-21(11-19)26-28-25(29-35-26)20-9-17(3)24(18(4)10-20)34-15-22(32)12-27-23(33)14-31/h7-11,22,31-32H,6,12-15H2,1-5H3,(H,27,33). The topological polar surface area (TPSA) is 121 Å². The number of hydrogen-bond donors (Lipinski definition) is 3. The summed E-state index contributed by atoms with van der Waals surface area (Å²) >= 11 is 0. The quantitative estimate of drug-likeness (QED) is 0.381. The summed E-state index contributed by atoms with van der Waals surface area (Å²) in [6.45, 7) is 9.18. The number of nitrogens with one attached hydrogen (secondary N) is 1. The van der Waals surface area contributed by atoms with Crippen LogP contribution in [-0.4, -0.2) is 70.6 Å². The van der Waals surface area contributed by atoms with Gasteiger partial charge >= 0.3 is 0 Å². The van der Waals surface area contributed by atoms with E-state index in [1.165, 1.54) is 5.56 Å². The van der Waals surface area contributed by atoms with Crippen LogP contribution in [0.25, 0.3) is 22.8 Å². The Hall–Kier alpha value is -3.27. The van der Waals surface area contributed by atoms with E-state index >= 15 is 0 Å². The molecule has 0 aliphatic carbocycles. The van der Waals surface area contributed by atoms with Gasteiger partial charge in [0.15, 0.2) is 0 Å². The Kier molecular flexibility index (Phi) is 8.97. The lowest BCUT2D eigenvalue weighted by Crippen LogP contribution is -2.36. The molecule has 0 saturated carbocycles. The van der Waals surface area contributed by atoms with Gasteiger partial charge in [-0.3, -0.25) is 4.79 Å². The molecule has 9 nitrogen and oxygen atoms in total. The molecule has 1 heterocycles. The van der Waals surface area contributed by atoms with Crippen LogP contribution in [0.3, 0.4) is 0 Å². The number of aryl methyl sites for hydroxylation is 3. The van der Waals surface area contributed by atoms with Crippen LogP contribution in [0.5, 0.6) is 5.75 Å². The van der Waals surface area contributed by atoms with E-state index in [0.717, 1.165) is 40.9 Å². The zero-order valence-corrected chi connectivity index (χ0v) is 21.0. The highest BCUT2D eigenvalue weighted by Gasteiger charge is 2.16. The average Bonchev–Trinajstić information content (AvgIpc) is 3.32. The Morgan fingerprint density at radius 3 is 2.51 bits per heavy atom. The fraction of sp³-hybridized carbons (Fsp3) is 0.423. The molecule has 35 heavy (non-hydrogen) atoms. The SMILES string of the molecule is CCN(C)Cc1cc(C)cc(-c2nc(-c3cc(C)c(OCC(O)CNC(=O)CO)c(C)c3)no2)c1. The summed E-state index contributed by atoms with van der Waals surface area (Å²) in [5.74, 6) is 1.05. The van der Waals surface area contributed by atoms with Gasteiger partial charge in [-0.15, -0.1) is 0 Å². The second kappa shape index (κ2) is 11.9. The van der Waals surface area contributed by atoms with Crippen molar-refractivity contribution < 1.29 is 24.3 Å². The third kappa shape index (κ3) is 7.11. The van der Waals surface area contributed by atoms with Gasteiger partial charge in [0.1, 0.15) is 25.1 Å². The number of benzene rings is 2. The second-order valence-electron chi connectivity index (χ2n) is 8.83. The van der Waals surface area contributed by atoms with Crippen LogP contribution in [0.1, 0.15) is 29.2 Å². The minimum Gasteiger partial charge on any atom is -0.490 e. The summed E-state index contributed by atoms with van der Waals surface area (Å²) in [5, 5.41) is 25.4. The Balaban J connectivity index is 1.74. The average molecular weight is 483 g/mol. The number of amides is 1. The number of carbonyl (C=O) groups is 1. The van der Waals surface area contributed by atoms with Crippen molar-refractivity contribution in [3.8, 4) is 28.6 Å². The van der Waals surface area contributed by atoms with Crippen LogP contribution in [0.15, 0.2) is 34.9 Å². The Morgan fingerprint density at radius 1 is 1.14 bits per heavy atom. The van der Waals surface area contributed by atoms with Crippen molar-refractivity contribution in [3.63, 3.8) is 0 Å². The molecule has 0 aliphatic rings. The maximum Gasteiger partial charge on any atom is 0.258 e. The minimum absolute atomic E-state index is 0.00199. The van der Waals surface area contributed by atoms with E-state index in [9.17, 15) is 9.90 Å². The third-order valence-corrected chi connectivity index (χ3v) is 5.62. The predicted octanol–water partition coefficient (Wildman–Crippen LogP) is 2.63. The van der Waals surface area contributed by atoms with E-state index in [-0.39, 0.29) is 13.2 Å². The van der Waals surface area contributed by atoms with Crippen LogP contribution >= 0.6 is 0 Å². The molecule has 1 atom stereocenters. The van der Waals surface area contributed by atoms with Gasteiger partial charge in [-0.1, -0.05) is 23.7 Å². The fourth-order valence-electron chi connectivity index (χ4n) is 3.79. The summed E-state index contributed by atoms with van der Waals surface area (Å²) in [6, 6.07) is 10.1. The van der Waals surface area contributed by atoms with E-state index in [1.54, 1.807) is 0 Å². The van der Waals surface area contributed by atoms with Crippen molar-refractivity contribution in [1.82, 2.24) is 20.4 Å². The number of hydrogen-bond acceptors (Lipinski definition) is 8. The van der Waals surface area contributed by atoms with Crippen LogP contribution in [-0.2, 0) is 11.3 Å². The molecule has 1 aromatic heterocycles. The summed E-state index contributed by atoms with van der Waals surface area (Å²) in [4.78, 5) is 18.0. The first-order chi connectivity index (χ1) is 16.7. The first-order valence-corrected chi connectivity index (χ1v) is 11.6. The summed E-state index contributed by atoms with van der Waals surface area (Å²) in [7, 11) is 2.08. The van der Waals surface area contributed by atoms with Gasteiger partial charge in [0, 0.05) is 24.2 Å². The molecule has 0 spiro atoms. The highest BCUT2D eigenvalue weighted by Crippen LogP contribution is 2.30. The van der Waals surface area contributed by atoms with Gasteiger partial charge in [-0.2, -0.15) is 4.98 Å². The molecule has 9 heteroatoms. The lowest BCUT2D eigenvalue weighted by atomic mass is 10.0. The maximum atomic E-state index is 11.1. The van der Waals surface area contributed by atoms with E-state index in [2.05, 4.69) is 53.4 Å². The van der Waals surface area contributed by atoms with Crippen LogP contribution in [0.4, 0.5) is 0 Å². The molecule has 0 aliphatic heterocycles. The summed E-state index contributed by atoms with van der Waals surface area (Å²) < 4.78 is 11.4. The molecule has 1 unspecified atom stereocenters. The maximum absolute atomic E-state index is 11.1. The van der Waals surface area contributed by atoms with E-state index in [4.69, 9.17) is 14.4 Å². The van der Waals surface area contributed by atoms with Crippen molar-refractivity contribution in [1.29, 1.82) is 0 Å². The Bertz CT molecular complexity index is 1140. The van der Waals surface area contributed by atoms with E-state index in [1.807, 2.05) is 32.0 Å². The number of ether oxygens (including phenoxy) is 1. The van der Waals surface area contributed by atoms with E-state index < -0.39 is 18.6 Å². The smallest absolute Gasteiger partial charge is 0.258 e. The van der Waals surface area contributed by atoms with Crippen molar-refractivity contribution in [2.45, 2.75) is 40.3 Å². The fourth-order valence-corrected chi connectivity index (χ4v) is 3.79. The number of nitrogens with zero attached hydrogens (tertiary/aromatic N) is 3. The van der Waals surface area contributed by atoms with Crippen molar-refractivity contribution in [3.05, 3.63) is 52.6 Å². The molecule has 0 bridgehead atoms. The highest BCUT2D eigenvalue weighted by atomic mass is 16.5. The van der Waals surface area contributed by atoms with Crippen molar-refractivity contribution in [2.24, 2.45) is 0 Å². The molecular formula is C26H34N4O5. The molecular weight excluding hydrogens is 448 g/mol. The number of rotatable bonds is 11. The molecule has 3 N–H and O–H groups in total. The Morgan fingerprint density at radius 2 is 1.86 bits per heavy atom. The van der Waals surface area contributed by atoms with E-state index in [0.29, 0.717) is 17.5 Å². The van der Waals surface area contributed by atoms with Gasteiger partial charge in [-0.05, 0) is 75.3 Å². The molecule has 3 aromatic rings. The van der Waals surface area contributed by atoms with Gasteiger partial charge in [0.05, 0.1) is 0 Å². The normalized spacial score (nSPS) is 12.1. The first kappa shape index (κ1) is 26.3.